The fourth-order valence-corrected chi connectivity index (χ4v) is 1.54. The van der Waals surface area contributed by atoms with Gasteiger partial charge in [0.1, 0.15) is 5.69 Å². The number of aliphatic hydroxyl groups is 1. The SMILES string of the molecule is CC(C)n1nccc1C(=O)NCCCOCCO. The summed E-state index contributed by atoms with van der Waals surface area (Å²) >= 11 is 0. The molecule has 0 aliphatic heterocycles. The van der Waals surface area contributed by atoms with Crippen LogP contribution in [-0.2, 0) is 4.74 Å². The lowest BCUT2D eigenvalue weighted by Gasteiger charge is -2.11. The van der Waals surface area contributed by atoms with Gasteiger partial charge in [0, 0.05) is 25.4 Å². The smallest absolute Gasteiger partial charge is 0.269 e. The maximum absolute atomic E-state index is 11.9. The summed E-state index contributed by atoms with van der Waals surface area (Å²) < 4.78 is 6.79. The maximum Gasteiger partial charge on any atom is 0.269 e. The summed E-state index contributed by atoms with van der Waals surface area (Å²) in [5.74, 6) is -0.122. The summed E-state index contributed by atoms with van der Waals surface area (Å²) in [6, 6.07) is 1.87. The van der Waals surface area contributed by atoms with Crippen LogP contribution in [0.25, 0.3) is 0 Å². The third-order valence-electron chi connectivity index (χ3n) is 2.38. The van der Waals surface area contributed by atoms with Crippen LogP contribution in [0.5, 0.6) is 0 Å². The first-order valence-electron chi connectivity index (χ1n) is 6.17. The van der Waals surface area contributed by atoms with E-state index in [1.165, 1.54) is 0 Å². The van der Waals surface area contributed by atoms with Crippen LogP contribution in [0.2, 0.25) is 0 Å². The minimum atomic E-state index is -0.122. The number of carbonyl (C=O) groups is 1. The maximum atomic E-state index is 11.9. The predicted molar refractivity (Wildman–Crippen MR) is 67.5 cm³/mol. The predicted octanol–water partition coefficient (Wildman–Crippen LogP) is 0.593. The van der Waals surface area contributed by atoms with E-state index in [-0.39, 0.29) is 18.6 Å². The molecule has 0 radical (unpaired) electrons. The Morgan fingerprint density at radius 2 is 2.33 bits per heavy atom. The lowest BCUT2D eigenvalue weighted by molar-refractivity contribution is 0.0862. The molecule has 102 valence electrons. The zero-order chi connectivity index (χ0) is 13.4. The molecule has 0 atom stereocenters. The van der Waals surface area contributed by atoms with Crippen LogP contribution in [0.1, 0.15) is 36.8 Å². The molecule has 0 unspecified atom stereocenters. The Hall–Kier alpha value is -1.40. The van der Waals surface area contributed by atoms with Crippen molar-refractivity contribution >= 4 is 5.91 Å². The van der Waals surface area contributed by atoms with E-state index in [0.29, 0.717) is 25.5 Å². The lowest BCUT2D eigenvalue weighted by atomic mass is 10.3. The zero-order valence-electron chi connectivity index (χ0n) is 10.9. The van der Waals surface area contributed by atoms with E-state index in [1.54, 1.807) is 16.9 Å². The molecule has 2 N–H and O–H groups in total. The molecule has 6 heteroatoms. The highest BCUT2D eigenvalue weighted by Crippen LogP contribution is 2.07. The minimum Gasteiger partial charge on any atom is -0.394 e. The Balaban J connectivity index is 2.30. The average Bonchev–Trinajstić information content (AvgIpc) is 2.82. The molecule has 0 saturated carbocycles. The Morgan fingerprint density at radius 3 is 3.00 bits per heavy atom. The van der Waals surface area contributed by atoms with Gasteiger partial charge in [-0.2, -0.15) is 5.10 Å². The Labute approximate surface area is 107 Å². The van der Waals surface area contributed by atoms with Crippen molar-refractivity contribution in [1.82, 2.24) is 15.1 Å². The number of aromatic nitrogens is 2. The van der Waals surface area contributed by atoms with Crippen molar-refractivity contribution in [3.05, 3.63) is 18.0 Å². The highest BCUT2D eigenvalue weighted by molar-refractivity contribution is 5.92. The fraction of sp³-hybridized carbons (Fsp3) is 0.667. The molecule has 0 saturated heterocycles. The Morgan fingerprint density at radius 1 is 1.56 bits per heavy atom. The molecule has 18 heavy (non-hydrogen) atoms. The van der Waals surface area contributed by atoms with Crippen LogP contribution < -0.4 is 5.32 Å². The van der Waals surface area contributed by atoms with Gasteiger partial charge in [-0.05, 0) is 26.3 Å². The molecule has 0 bridgehead atoms. The summed E-state index contributed by atoms with van der Waals surface area (Å²) in [7, 11) is 0. The number of hydrogen-bond acceptors (Lipinski definition) is 4. The van der Waals surface area contributed by atoms with Gasteiger partial charge in [0.05, 0.1) is 13.2 Å². The monoisotopic (exact) mass is 255 g/mol. The van der Waals surface area contributed by atoms with Crippen molar-refractivity contribution in [3.8, 4) is 0 Å². The number of hydrogen-bond donors (Lipinski definition) is 2. The van der Waals surface area contributed by atoms with Crippen LogP contribution in [0, 0.1) is 0 Å². The van der Waals surface area contributed by atoms with Crippen molar-refractivity contribution in [2.45, 2.75) is 26.3 Å². The second-order valence-electron chi connectivity index (χ2n) is 4.20. The number of ether oxygens (including phenoxy) is 1. The van der Waals surface area contributed by atoms with Crippen LogP contribution in [0.3, 0.4) is 0 Å². The molecular weight excluding hydrogens is 234 g/mol. The first-order chi connectivity index (χ1) is 8.66. The van der Waals surface area contributed by atoms with Gasteiger partial charge in [0.25, 0.3) is 5.91 Å². The molecule has 0 fully saturated rings. The van der Waals surface area contributed by atoms with Gasteiger partial charge in [-0.15, -0.1) is 0 Å². The number of nitrogens with zero attached hydrogens (tertiary/aromatic N) is 2. The molecule has 1 rings (SSSR count). The molecule has 1 aromatic heterocycles. The van der Waals surface area contributed by atoms with Crippen molar-refractivity contribution in [2.24, 2.45) is 0 Å². The van der Waals surface area contributed by atoms with Crippen molar-refractivity contribution < 1.29 is 14.6 Å². The van der Waals surface area contributed by atoms with E-state index in [4.69, 9.17) is 9.84 Å². The highest BCUT2D eigenvalue weighted by atomic mass is 16.5. The third-order valence-corrected chi connectivity index (χ3v) is 2.38. The summed E-state index contributed by atoms with van der Waals surface area (Å²) in [4.78, 5) is 11.9. The molecular formula is C12H21N3O3. The topological polar surface area (TPSA) is 76.4 Å². The van der Waals surface area contributed by atoms with Gasteiger partial charge in [-0.1, -0.05) is 0 Å². The molecule has 1 aromatic rings. The van der Waals surface area contributed by atoms with Gasteiger partial charge >= 0.3 is 0 Å². The Kier molecular flexibility index (Phi) is 6.38. The van der Waals surface area contributed by atoms with E-state index in [1.807, 2.05) is 13.8 Å². The number of amides is 1. The van der Waals surface area contributed by atoms with Crippen molar-refractivity contribution in [3.63, 3.8) is 0 Å². The zero-order valence-corrected chi connectivity index (χ0v) is 10.9. The van der Waals surface area contributed by atoms with E-state index < -0.39 is 0 Å². The minimum absolute atomic E-state index is 0.0277. The first-order valence-corrected chi connectivity index (χ1v) is 6.17. The van der Waals surface area contributed by atoms with E-state index in [0.717, 1.165) is 6.42 Å². The van der Waals surface area contributed by atoms with Gasteiger partial charge in [0.2, 0.25) is 0 Å². The second-order valence-corrected chi connectivity index (χ2v) is 4.20. The molecule has 0 aliphatic carbocycles. The molecule has 0 spiro atoms. The van der Waals surface area contributed by atoms with E-state index in [2.05, 4.69) is 10.4 Å². The second kappa shape index (κ2) is 7.84. The molecule has 1 amide bonds. The fourth-order valence-electron chi connectivity index (χ4n) is 1.54. The van der Waals surface area contributed by atoms with Crippen LogP contribution >= 0.6 is 0 Å². The first kappa shape index (κ1) is 14.7. The van der Waals surface area contributed by atoms with Crippen molar-refractivity contribution in [1.29, 1.82) is 0 Å². The molecule has 0 aliphatic rings. The summed E-state index contributed by atoms with van der Waals surface area (Å²) in [6.45, 7) is 5.41. The van der Waals surface area contributed by atoms with Gasteiger partial charge in [-0.25, -0.2) is 0 Å². The summed E-state index contributed by atoms with van der Waals surface area (Å²) in [5.41, 5.74) is 0.571. The average molecular weight is 255 g/mol. The number of aliphatic hydroxyl groups excluding tert-OH is 1. The standard InChI is InChI=1S/C12H21N3O3/c1-10(2)15-11(4-6-14-15)12(17)13-5-3-8-18-9-7-16/h4,6,10,16H,3,5,7-9H2,1-2H3,(H,13,17). The summed E-state index contributed by atoms with van der Waals surface area (Å²) in [6.07, 6.45) is 2.35. The largest absolute Gasteiger partial charge is 0.394 e. The van der Waals surface area contributed by atoms with Gasteiger partial charge in [0.15, 0.2) is 0 Å². The highest BCUT2D eigenvalue weighted by Gasteiger charge is 2.12. The molecule has 6 nitrogen and oxygen atoms in total. The van der Waals surface area contributed by atoms with Crippen molar-refractivity contribution in [2.75, 3.05) is 26.4 Å². The van der Waals surface area contributed by atoms with Crippen LogP contribution in [-0.4, -0.2) is 47.2 Å². The van der Waals surface area contributed by atoms with E-state index in [9.17, 15) is 4.79 Å². The quantitative estimate of drug-likeness (QED) is 0.667. The van der Waals surface area contributed by atoms with Crippen LogP contribution in [0.15, 0.2) is 12.3 Å². The molecule has 1 heterocycles. The number of nitrogens with one attached hydrogen (secondary N) is 1. The van der Waals surface area contributed by atoms with Crippen LogP contribution in [0.4, 0.5) is 0 Å². The molecule has 0 aromatic carbocycles. The Bertz CT molecular complexity index is 363. The number of carbonyl (C=O) groups excluding carboxylic acids is 1. The van der Waals surface area contributed by atoms with Gasteiger partial charge < -0.3 is 15.2 Å². The third kappa shape index (κ3) is 4.46. The normalized spacial score (nSPS) is 10.9. The summed E-state index contributed by atoms with van der Waals surface area (Å²) in [5, 5.41) is 15.4. The van der Waals surface area contributed by atoms with Gasteiger partial charge in [-0.3, -0.25) is 9.48 Å². The van der Waals surface area contributed by atoms with E-state index >= 15 is 0 Å². The number of rotatable bonds is 8. The lowest BCUT2D eigenvalue weighted by Crippen LogP contribution is -2.28.